The first-order chi connectivity index (χ1) is 4.71. The van der Waals surface area contributed by atoms with Gasteiger partial charge < -0.3 is 0 Å². The van der Waals surface area contributed by atoms with E-state index in [9.17, 15) is 0 Å². The molecule has 0 spiro atoms. The second-order valence-electron chi connectivity index (χ2n) is 2.37. The van der Waals surface area contributed by atoms with E-state index in [1.54, 1.807) is 0 Å². The van der Waals surface area contributed by atoms with E-state index in [4.69, 9.17) is 5.26 Å². The molecule has 0 atom stereocenters. The van der Waals surface area contributed by atoms with Gasteiger partial charge in [-0.15, -0.1) is 10.2 Å². The van der Waals surface area contributed by atoms with Crippen LogP contribution in [0.5, 0.6) is 0 Å². The van der Waals surface area contributed by atoms with Crippen LogP contribution >= 0.6 is 0 Å². The van der Waals surface area contributed by atoms with Crippen molar-refractivity contribution in [3.8, 4) is 6.07 Å². The van der Waals surface area contributed by atoms with Gasteiger partial charge in [0.25, 0.3) is 5.66 Å². The average Bonchev–Trinajstić information content (AvgIpc) is 2.35. The summed E-state index contributed by atoms with van der Waals surface area (Å²) >= 11 is 0. The second-order valence-corrected chi connectivity index (χ2v) is 2.37. The quantitative estimate of drug-likeness (QED) is 0.541. The Morgan fingerprint density at radius 3 is 2.00 bits per heavy atom. The van der Waals surface area contributed by atoms with Crippen molar-refractivity contribution in [1.82, 2.24) is 0 Å². The Bertz CT molecular complexity index is 209. The normalized spacial score (nSPS) is 19.8. The molecular formula is C5H7N5. The zero-order valence-electron chi connectivity index (χ0n) is 5.81. The maximum atomic E-state index is 8.63. The third-order valence-electron chi connectivity index (χ3n) is 1.40. The fraction of sp³-hybridized carbons (Fsp3) is 0.800. The number of hydrogen-bond donors (Lipinski definition) is 0. The van der Waals surface area contributed by atoms with Gasteiger partial charge >= 0.3 is 0 Å². The molecule has 0 saturated heterocycles. The van der Waals surface area contributed by atoms with Gasteiger partial charge in [0.1, 0.15) is 6.07 Å². The largest absolute Gasteiger partial charge is 0.281 e. The highest BCUT2D eigenvalue weighted by molar-refractivity contribution is 5.07. The molecule has 5 heteroatoms. The molecule has 0 N–H and O–H groups in total. The number of nitrogens with zero attached hydrogens (tertiary/aromatic N) is 5. The maximum absolute atomic E-state index is 8.63. The Morgan fingerprint density at radius 1 is 1.30 bits per heavy atom. The highest BCUT2D eigenvalue weighted by Gasteiger charge is 2.36. The van der Waals surface area contributed by atoms with Gasteiger partial charge in [-0.1, -0.05) is 13.8 Å². The van der Waals surface area contributed by atoms with E-state index in [1.165, 1.54) is 0 Å². The molecule has 0 aromatic carbocycles. The minimum atomic E-state index is -1.04. The molecule has 1 heterocycles. The first-order valence-corrected chi connectivity index (χ1v) is 2.96. The van der Waals surface area contributed by atoms with E-state index in [0.717, 1.165) is 0 Å². The highest BCUT2D eigenvalue weighted by atomic mass is 15.6. The van der Waals surface area contributed by atoms with Crippen molar-refractivity contribution in [2.24, 2.45) is 26.6 Å². The summed E-state index contributed by atoms with van der Waals surface area (Å²) in [7, 11) is 0. The van der Waals surface area contributed by atoms with Crippen LogP contribution < -0.4 is 0 Å². The van der Waals surface area contributed by atoms with Crippen LogP contribution in [0.4, 0.5) is 0 Å². The van der Waals surface area contributed by atoms with Gasteiger partial charge in [-0.2, -0.15) is 5.26 Å². The van der Waals surface area contributed by atoms with Crippen LogP contribution in [-0.2, 0) is 0 Å². The van der Waals surface area contributed by atoms with Gasteiger partial charge in [0.05, 0.1) is 0 Å². The fourth-order valence-corrected chi connectivity index (χ4v) is 0.601. The summed E-state index contributed by atoms with van der Waals surface area (Å²) in [5.41, 5.74) is -1.04. The van der Waals surface area contributed by atoms with Crippen molar-refractivity contribution in [1.29, 1.82) is 5.26 Å². The van der Waals surface area contributed by atoms with E-state index >= 15 is 0 Å². The Balaban J connectivity index is 2.93. The van der Waals surface area contributed by atoms with Crippen molar-refractivity contribution in [2.75, 3.05) is 0 Å². The summed E-state index contributed by atoms with van der Waals surface area (Å²) in [6.45, 7) is 3.71. The molecule has 0 radical (unpaired) electrons. The topological polar surface area (TPSA) is 73.2 Å². The van der Waals surface area contributed by atoms with Crippen LogP contribution in [0.15, 0.2) is 20.7 Å². The van der Waals surface area contributed by atoms with Gasteiger partial charge in [0.15, 0.2) is 0 Å². The van der Waals surface area contributed by atoms with Gasteiger partial charge in [-0.3, -0.25) is 0 Å². The Hall–Kier alpha value is -1.31. The van der Waals surface area contributed by atoms with Gasteiger partial charge in [-0.25, -0.2) is 0 Å². The second kappa shape index (κ2) is 2.14. The molecule has 0 unspecified atom stereocenters. The molecule has 0 aromatic heterocycles. The zero-order chi connectivity index (χ0) is 7.61. The van der Waals surface area contributed by atoms with E-state index in [2.05, 4.69) is 20.7 Å². The summed E-state index contributed by atoms with van der Waals surface area (Å²) < 4.78 is 0. The van der Waals surface area contributed by atoms with Crippen LogP contribution in [0.1, 0.15) is 13.8 Å². The molecule has 52 valence electrons. The van der Waals surface area contributed by atoms with Crippen LogP contribution in [0.3, 0.4) is 0 Å². The van der Waals surface area contributed by atoms with Crippen LogP contribution in [-0.4, -0.2) is 5.66 Å². The van der Waals surface area contributed by atoms with E-state index in [0.29, 0.717) is 0 Å². The van der Waals surface area contributed by atoms with Gasteiger partial charge in [0.2, 0.25) is 0 Å². The standard InChI is InChI=1S/C5H7N5/c1-4(2)5(3-6)7-9-10-8-5/h4H,1-2H3. The van der Waals surface area contributed by atoms with Gasteiger partial charge in [0, 0.05) is 5.92 Å². The number of nitriles is 1. The van der Waals surface area contributed by atoms with E-state index < -0.39 is 5.66 Å². The highest BCUT2D eigenvalue weighted by Crippen LogP contribution is 2.27. The smallest absolute Gasteiger partial charge is 0.193 e. The lowest BCUT2D eigenvalue weighted by molar-refractivity contribution is 0.409. The molecule has 0 bridgehead atoms. The van der Waals surface area contributed by atoms with Crippen LogP contribution in [0.2, 0.25) is 0 Å². The van der Waals surface area contributed by atoms with Gasteiger partial charge in [-0.05, 0) is 10.4 Å². The van der Waals surface area contributed by atoms with Crippen LogP contribution in [0.25, 0.3) is 0 Å². The molecule has 0 amide bonds. The lowest BCUT2D eigenvalue weighted by atomic mass is 10.00. The monoisotopic (exact) mass is 137 g/mol. The Kier molecular flexibility index (Phi) is 1.45. The molecule has 1 rings (SSSR count). The molecule has 10 heavy (non-hydrogen) atoms. The predicted molar refractivity (Wildman–Crippen MR) is 32.9 cm³/mol. The first-order valence-electron chi connectivity index (χ1n) is 2.96. The van der Waals surface area contributed by atoms with E-state index in [1.807, 2.05) is 19.9 Å². The molecule has 5 nitrogen and oxygen atoms in total. The van der Waals surface area contributed by atoms with E-state index in [-0.39, 0.29) is 5.92 Å². The fourth-order valence-electron chi connectivity index (χ4n) is 0.601. The number of hydrogen-bond acceptors (Lipinski definition) is 5. The molecular weight excluding hydrogens is 130 g/mol. The third-order valence-corrected chi connectivity index (χ3v) is 1.40. The summed E-state index contributed by atoms with van der Waals surface area (Å²) in [5, 5.41) is 22.4. The summed E-state index contributed by atoms with van der Waals surface area (Å²) in [4.78, 5) is 0. The Labute approximate surface area is 58.4 Å². The minimum Gasteiger partial charge on any atom is -0.193 e. The lowest BCUT2D eigenvalue weighted by Gasteiger charge is -2.13. The summed E-state index contributed by atoms with van der Waals surface area (Å²) in [6.07, 6.45) is 0. The minimum absolute atomic E-state index is 0.0208. The maximum Gasteiger partial charge on any atom is 0.281 e. The molecule has 1 aliphatic rings. The lowest BCUT2D eigenvalue weighted by Crippen LogP contribution is -2.25. The van der Waals surface area contributed by atoms with Crippen molar-refractivity contribution >= 4 is 0 Å². The SMILES string of the molecule is CC(C)C1(C#N)N=NN=N1. The first kappa shape index (κ1) is 6.81. The van der Waals surface area contributed by atoms with Crippen molar-refractivity contribution in [3.63, 3.8) is 0 Å². The zero-order valence-corrected chi connectivity index (χ0v) is 5.81. The summed E-state index contributed by atoms with van der Waals surface area (Å²) in [6, 6.07) is 1.96. The molecule has 0 aromatic rings. The van der Waals surface area contributed by atoms with Crippen LogP contribution in [0, 0.1) is 17.2 Å². The molecule has 0 fully saturated rings. The molecule has 0 aliphatic carbocycles. The Morgan fingerprint density at radius 2 is 1.80 bits per heavy atom. The van der Waals surface area contributed by atoms with Crippen molar-refractivity contribution in [3.05, 3.63) is 0 Å². The predicted octanol–water partition coefficient (Wildman–Crippen LogP) is 1.70. The molecule has 1 aliphatic heterocycles. The molecule has 0 saturated carbocycles. The van der Waals surface area contributed by atoms with Crippen molar-refractivity contribution in [2.45, 2.75) is 19.5 Å². The average molecular weight is 137 g/mol. The third kappa shape index (κ3) is 0.778. The number of rotatable bonds is 1. The van der Waals surface area contributed by atoms with Crippen molar-refractivity contribution < 1.29 is 0 Å². The summed E-state index contributed by atoms with van der Waals surface area (Å²) in [5.74, 6) is 0.0208.